The average molecular weight is 157 g/mol. The summed E-state index contributed by atoms with van der Waals surface area (Å²) in [6.07, 6.45) is 1.23. The van der Waals surface area contributed by atoms with Gasteiger partial charge in [-0.1, -0.05) is 5.21 Å². The Morgan fingerprint density at radius 1 is 1.73 bits per heavy atom. The molecule has 2 N–H and O–H groups in total. The molecule has 0 fully saturated rings. The van der Waals surface area contributed by atoms with Crippen LogP contribution in [0.15, 0.2) is 6.20 Å². The molecular weight excluding hydrogens is 146 g/mol. The van der Waals surface area contributed by atoms with Crippen LogP contribution in [-0.4, -0.2) is 31.8 Å². The SMILES string of the molecule is Cn1cc(C(O)CCO)nn1. The largest absolute Gasteiger partial charge is 0.396 e. The molecule has 5 nitrogen and oxygen atoms in total. The van der Waals surface area contributed by atoms with E-state index in [4.69, 9.17) is 5.11 Å². The van der Waals surface area contributed by atoms with Crippen LogP contribution in [0, 0.1) is 0 Å². The van der Waals surface area contributed by atoms with Crippen molar-refractivity contribution >= 4 is 0 Å². The smallest absolute Gasteiger partial charge is 0.111 e. The van der Waals surface area contributed by atoms with Gasteiger partial charge in [-0.25, -0.2) is 0 Å². The molecule has 0 aliphatic rings. The number of aliphatic hydroxyl groups excluding tert-OH is 2. The van der Waals surface area contributed by atoms with E-state index in [1.165, 1.54) is 4.68 Å². The van der Waals surface area contributed by atoms with Crippen molar-refractivity contribution < 1.29 is 10.2 Å². The fraction of sp³-hybridized carbons (Fsp3) is 0.667. The Morgan fingerprint density at radius 2 is 2.45 bits per heavy atom. The van der Waals surface area contributed by atoms with Crippen LogP contribution in [0.5, 0.6) is 0 Å². The maximum Gasteiger partial charge on any atom is 0.111 e. The van der Waals surface area contributed by atoms with E-state index in [0.29, 0.717) is 12.1 Å². The van der Waals surface area contributed by atoms with Crippen LogP contribution in [0.1, 0.15) is 18.2 Å². The minimum absolute atomic E-state index is 0.0439. The molecule has 0 aliphatic carbocycles. The van der Waals surface area contributed by atoms with Crippen molar-refractivity contribution in [1.82, 2.24) is 15.0 Å². The zero-order valence-electron chi connectivity index (χ0n) is 6.30. The monoisotopic (exact) mass is 157 g/mol. The van der Waals surface area contributed by atoms with Crippen LogP contribution in [0.2, 0.25) is 0 Å². The molecule has 0 radical (unpaired) electrons. The molecule has 0 spiro atoms. The van der Waals surface area contributed by atoms with Gasteiger partial charge in [0.15, 0.2) is 0 Å². The van der Waals surface area contributed by atoms with Gasteiger partial charge in [-0.05, 0) is 0 Å². The molecule has 1 aromatic heterocycles. The summed E-state index contributed by atoms with van der Waals surface area (Å²) in [5, 5.41) is 25.1. The lowest BCUT2D eigenvalue weighted by atomic mass is 10.2. The molecular formula is C6H11N3O2. The first-order valence-corrected chi connectivity index (χ1v) is 3.39. The maximum absolute atomic E-state index is 9.26. The molecule has 1 heterocycles. The molecule has 0 saturated carbocycles. The zero-order chi connectivity index (χ0) is 8.27. The zero-order valence-corrected chi connectivity index (χ0v) is 6.30. The molecule has 1 atom stereocenters. The van der Waals surface area contributed by atoms with Gasteiger partial charge in [0.2, 0.25) is 0 Å². The second-order valence-corrected chi connectivity index (χ2v) is 2.35. The minimum Gasteiger partial charge on any atom is -0.396 e. The highest BCUT2D eigenvalue weighted by atomic mass is 16.3. The van der Waals surface area contributed by atoms with Gasteiger partial charge in [-0.2, -0.15) is 0 Å². The molecule has 62 valence electrons. The Labute approximate surface area is 64.3 Å². The predicted octanol–water partition coefficient (Wildman–Crippen LogP) is -0.769. The van der Waals surface area contributed by atoms with E-state index < -0.39 is 6.10 Å². The second-order valence-electron chi connectivity index (χ2n) is 2.35. The van der Waals surface area contributed by atoms with Gasteiger partial charge < -0.3 is 10.2 Å². The summed E-state index contributed by atoms with van der Waals surface area (Å²) in [5.74, 6) is 0. The van der Waals surface area contributed by atoms with Crippen molar-refractivity contribution in [2.75, 3.05) is 6.61 Å². The average Bonchev–Trinajstić information content (AvgIpc) is 2.36. The molecule has 1 aromatic rings. The van der Waals surface area contributed by atoms with E-state index in [2.05, 4.69) is 10.3 Å². The Hall–Kier alpha value is -0.940. The number of rotatable bonds is 3. The third-order valence-corrected chi connectivity index (χ3v) is 1.36. The summed E-state index contributed by atoms with van der Waals surface area (Å²) >= 11 is 0. The van der Waals surface area contributed by atoms with Crippen LogP contribution in [0.25, 0.3) is 0 Å². The summed E-state index contributed by atoms with van der Waals surface area (Å²) in [7, 11) is 1.72. The molecule has 0 amide bonds. The number of aromatic nitrogens is 3. The van der Waals surface area contributed by atoms with Gasteiger partial charge in [0, 0.05) is 20.1 Å². The van der Waals surface area contributed by atoms with Crippen molar-refractivity contribution in [3.8, 4) is 0 Å². The Bertz CT molecular complexity index is 223. The summed E-state index contributed by atoms with van der Waals surface area (Å²) in [5.41, 5.74) is 0.501. The van der Waals surface area contributed by atoms with E-state index in [-0.39, 0.29) is 6.61 Å². The first kappa shape index (κ1) is 8.16. The lowest BCUT2D eigenvalue weighted by Gasteiger charge is -2.01. The molecule has 0 bridgehead atoms. The number of hydrogen-bond donors (Lipinski definition) is 2. The van der Waals surface area contributed by atoms with Crippen molar-refractivity contribution in [1.29, 1.82) is 0 Å². The normalized spacial score (nSPS) is 13.4. The van der Waals surface area contributed by atoms with Crippen molar-refractivity contribution in [2.45, 2.75) is 12.5 Å². The molecule has 0 aliphatic heterocycles. The first-order chi connectivity index (χ1) is 5.24. The van der Waals surface area contributed by atoms with Crippen molar-refractivity contribution in [3.63, 3.8) is 0 Å². The van der Waals surface area contributed by atoms with Gasteiger partial charge in [0.25, 0.3) is 0 Å². The minimum atomic E-state index is -0.700. The van der Waals surface area contributed by atoms with Gasteiger partial charge in [-0.3, -0.25) is 4.68 Å². The van der Waals surface area contributed by atoms with Gasteiger partial charge in [-0.15, -0.1) is 5.10 Å². The Balaban J connectivity index is 2.60. The highest BCUT2D eigenvalue weighted by Crippen LogP contribution is 2.11. The van der Waals surface area contributed by atoms with Crippen LogP contribution in [0.3, 0.4) is 0 Å². The molecule has 1 unspecified atom stereocenters. The van der Waals surface area contributed by atoms with Gasteiger partial charge >= 0.3 is 0 Å². The number of aliphatic hydroxyl groups is 2. The number of nitrogens with zero attached hydrogens (tertiary/aromatic N) is 3. The maximum atomic E-state index is 9.26. The van der Waals surface area contributed by atoms with E-state index in [0.717, 1.165) is 0 Å². The van der Waals surface area contributed by atoms with Crippen molar-refractivity contribution in [2.24, 2.45) is 7.05 Å². The summed E-state index contributed by atoms with van der Waals surface area (Å²) in [6, 6.07) is 0. The highest BCUT2D eigenvalue weighted by molar-refractivity contribution is 4.96. The molecule has 0 saturated heterocycles. The van der Waals surface area contributed by atoms with Crippen LogP contribution >= 0.6 is 0 Å². The van der Waals surface area contributed by atoms with Crippen molar-refractivity contribution in [3.05, 3.63) is 11.9 Å². The molecule has 5 heteroatoms. The predicted molar refractivity (Wildman–Crippen MR) is 37.7 cm³/mol. The Morgan fingerprint density at radius 3 is 2.91 bits per heavy atom. The Kier molecular flexibility index (Phi) is 2.56. The molecule has 1 rings (SSSR count). The summed E-state index contributed by atoms with van der Waals surface area (Å²) < 4.78 is 1.51. The van der Waals surface area contributed by atoms with E-state index in [9.17, 15) is 5.11 Å². The van der Waals surface area contributed by atoms with Crippen LogP contribution < -0.4 is 0 Å². The van der Waals surface area contributed by atoms with E-state index in [1.807, 2.05) is 0 Å². The lowest BCUT2D eigenvalue weighted by molar-refractivity contribution is 0.130. The third kappa shape index (κ3) is 1.99. The fourth-order valence-electron chi connectivity index (χ4n) is 0.788. The summed E-state index contributed by atoms with van der Waals surface area (Å²) in [6.45, 7) is -0.0439. The second kappa shape index (κ2) is 3.45. The topological polar surface area (TPSA) is 71.2 Å². The molecule has 11 heavy (non-hydrogen) atoms. The molecule has 0 aromatic carbocycles. The third-order valence-electron chi connectivity index (χ3n) is 1.36. The first-order valence-electron chi connectivity index (χ1n) is 3.39. The quantitative estimate of drug-likeness (QED) is 0.604. The highest BCUT2D eigenvalue weighted by Gasteiger charge is 2.09. The van der Waals surface area contributed by atoms with E-state index >= 15 is 0 Å². The van der Waals surface area contributed by atoms with Gasteiger partial charge in [0.1, 0.15) is 11.8 Å². The number of hydrogen-bond acceptors (Lipinski definition) is 4. The van der Waals surface area contributed by atoms with E-state index in [1.54, 1.807) is 13.2 Å². The van der Waals surface area contributed by atoms with Crippen LogP contribution in [0.4, 0.5) is 0 Å². The van der Waals surface area contributed by atoms with Crippen LogP contribution in [-0.2, 0) is 7.05 Å². The lowest BCUT2D eigenvalue weighted by Crippen LogP contribution is -2.00. The standard InChI is InChI=1S/C6H11N3O2/c1-9-4-5(7-8-9)6(11)2-3-10/h4,6,10-11H,2-3H2,1H3. The fourth-order valence-corrected chi connectivity index (χ4v) is 0.788. The number of aryl methyl sites for hydroxylation is 1. The van der Waals surface area contributed by atoms with Gasteiger partial charge in [0.05, 0.1) is 6.20 Å². The summed E-state index contributed by atoms with van der Waals surface area (Å²) in [4.78, 5) is 0.